The first-order chi connectivity index (χ1) is 17.0. The summed E-state index contributed by atoms with van der Waals surface area (Å²) >= 11 is 0. The molecular formula is C28H27N5O2. The smallest absolute Gasteiger partial charge is 0.255 e. The van der Waals surface area contributed by atoms with Gasteiger partial charge >= 0.3 is 0 Å². The highest BCUT2D eigenvalue weighted by atomic mass is 16.5. The second kappa shape index (κ2) is 9.46. The molecule has 0 aliphatic carbocycles. The van der Waals surface area contributed by atoms with E-state index < -0.39 is 6.04 Å². The van der Waals surface area contributed by atoms with Crippen LogP contribution in [-0.4, -0.2) is 27.3 Å². The van der Waals surface area contributed by atoms with Gasteiger partial charge in [0.05, 0.1) is 12.2 Å². The van der Waals surface area contributed by atoms with Crippen molar-refractivity contribution in [1.29, 1.82) is 0 Å². The lowest BCUT2D eigenvalue weighted by molar-refractivity contribution is -0.113. The van der Waals surface area contributed by atoms with E-state index in [1.807, 2.05) is 99.6 Å². The van der Waals surface area contributed by atoms with Gasteiger partial charge in [-0.1, -0.05) is 60.2 Å². The van der Waals surface area contributed by atoms with Crippen LogP contribution < -0.4 is 15.4 Å². The number of carbonyl (C=O) groups is 1. The normalized spacial score (nSPS) is 14.8. The Hall–Kier alpha value is -4.39. The van der Waals surface area contributed by atoms with Crippen LogP contribution in [0.5, 0.6) is 5.75 Å². The average molecular weight is 466 g/mol. The third-order valence-corrected chi connectivity index (χ3v) is 5.92. The molecule has 7 heteroatoms. The maximum absolute atomic E-state index is 13.7. The number of aromatic nitrogens is 3. The second-order valence-corrected chi connectivity index (χ2v) is 8.43. The van der Waals surface area contributed by atoms with E-state index in [2.05, 4.69) is 10.6 Å². The van der Waals surface area contributed by atoms with Crippen LogP contribution >= 0.6 is 0 Å². The number of para-hydroxylation sites is 2. The molecule has 5 rings (SSSR count). The van der Waals surface area contributed by atoms with E-state index in [0.717, 1.165) is 22.4 Å². The molecule has 2 heterocycles. The van der Waals surface area contributed by atoms with E-state index in [-0.39, 0.29) is 5.91 Å². The van der Waals surface area contributed by atoms with Crippen molar-refractivity contribution in [3.63, 3.8) is 0 Å². The van der Waals surface area contributed by atoms with Crippen LogP contribution in [0.3, 0.4) is 0 Å². The van der Waals surface area contributed by atoms with Gasteiger partial charge in [0.15, 0.2) is 5.82 Å². The van der Waals surface area contributed by atoms with Crippen LogP contribution in [0.25, 0.3) is 11.4 Å². The first-order valence-corrected chi connectivity index (χ1v) is 11.6. The molecule has 1 aromatic heterocycles. The Morgan fingerprint density at radius 1 is 1.03 bits per heavy atom. The van der Waals surface area contributed by atoms with E-state index in [0.29, 0.717) is 35.4 Å². The van der Waals surface area contributed by atoms with E-state index in [1.54, 1.807) is 4.68 Å². The third kappa shape index (κ3) is 4.40. The number of allylic oxidation sites excluding steroid dienone is 1. The summed E-state index contributed by atoms with van der Waals surface area (Å²) in [5.41, 5.74) is 4.87. The number of aryl methyl sites for hydroxylation is 1. The summed E-state index contributed by atoms with van der Waals surface area (Å²) in [5, 5.41) is 11.2. The number of fused-ring (bicyclic) bond motifs is 1. The zero-order chi connectivity index (χ0) is 24.4. The molecule has 1 aliphatic rings. The van der Waals surface area contributed by atoms with Crippen molar-refractivity contribution in [2.45, 2.75) is 26.8 Å². The Bertz CT molecular complexity index is 1410. The summed E-state index contributed by atoms with van der Waals surface area (Å²) in [4.78, 5) is 18.4. The Kier molecular flexibility index (Phi) is 6.06. The van der Waals surface area contributed by atoms with Crippen LogP contribution in [0, 0.1) is 6.92 Å². The Morgan fingerprint density at radius 3 is 2.57 bits per heavy atom. The maximum Gasteiger partial charge on any atom is 0.255 e. The van der Waals surface area contributed by atoms with Crippen molar-refractivity contribution in [1.82, 2.24) is 14.8 Å². The Balaban J connectivity index is 1.64. The lowest BCUT2D eigenvalue weighted by atomic mass is 9.94. The summed E-state index contributed by atoms with van der Waals surface area (Å²) in [6.45, 7) is 6.38. The van der Waals surface area contributed by atoms with Crippen LogP contribution in [0.4, 0.5) is 11.6 Å². The van der Waals surface area contributed by atoms with Gasteiger partial charge in [-0.2, -0.15) is 4.98 Å². The highest BCUT2D eigenvalue weighted by Gasteiger charge is 2.36. The molecule has 176 valence electrons. The van der Waals surface area contributed by atoms with Crippen molar-refractivity contribution in [2.24, 2.45) is 0 Å². The Labute approximate surface area is 204 Å². The zero-order valence-electron chi connectivity index (χ0n) is 19.9. The number of hydrogen-bond donors (Lipinski definition) is 2. The fourth-order valence-corrected chi connectivity index (χ4v) is 4.35. The molecule has 4 aromatic rings. The molecule has 35 heavy (non-hydrogen) atoms. The molecule has 0 saturated heterocycles. The molecule has 1 unspecified atom stereocenters. The van der Waals surface area contributed by atoms with Gasteiger partial charge in [-0.05, 0) is 45.0 Å². The fourth-order valence-electron chi connectivity index (χ4n) is 4.35. The number of rotatable bonds is 6. The van der Waals surface area contributed by atoms with Crippen molar-refractivity contribution in [3.8, 4) is 17.1 Å². The minimum Gasteiger partial charge on any atom is -0.494 e. The molecule has 1 amide bonds. The van der Waals surface area contributed by atoms with Gasteiger partial charge in [-0.3, -0.25) is 4.79 Å². The number of amides is 1. The molecule has 0 bridgehead atoms. The predicted octanol–water partition coefficient (Wildman–Crippen LogP) is 5.58. The van der Waals surface area contributed by atoms with Crippen molar-refractivity contribution >= 4 is 17.5 Å². The Morgan fingerprint density at radius 2 is 1.80 bits per heavy atom. The number of nitrogens with one attached hydrogen (secondary N) is 2. The van der Waals surface area contributed by atoms with Gasteiger partial charge in [-0.25, -0.2) is 4.68 Å². The van der Waals surface area contributed by atoms with Gasteiger partial charge < -0.3 is 15.4 Å². The first-order valence-electron chi connectivity index (χ1n) is 11.6. The molecule has 0 fully saturated rings. The minimum absolute atomic E-state index is 0.212. The number of benzene rings is 3. The fraction of sp³-hybridized carbons (Fsp3) is 0.179. The summed E-state index contributed by atoms with van der Waals surface area (Å²) in [7, 11) is 0. The highest BCUT2D eigenvalue weighted by Crippen LogP contribution is 2.40. The monoisotopic (exact) mass is 465 g/mol. The topological polar surface area (TPSA) is 81.1 Å². The van der Waals surface area contributed by atoms with E-state index in [9.17, 15) is 4.79 Å². The standard InChI is InChI=1S/C28H27N5O2/c1-4-35-23-16-9-8-15-22(23)25-24(27(34)30-21-13-6-5-7-14-21)19(3)29-28-31-26(32-33(25)28)20-12-10-11-18(2)17-20/h5-17,25H,4H2,1-3H3,(H,30,34)(H,29,31,32). The largest absolute Gasteiger partial charge is 0.494 e. The molecule has 0 spiro atoms. The molecule has 2 N–H and O–H groups in total. The quantitative estimate of drug-likeness (QED) is 0.389. The number of hydrogen-bond acceptors (Lipinski definition) is 5. The van der Waals surface area contributed by atoms with Crippen LogP contribution in [0.15, 0.2) is 90.1 Å². The lowest BCUT2D eigenvalue weighted by Crippen LogP contribution is -2.31. The van der Waals surface area contributed by atoms with Crippen molar-refractivity contribution < 1.29 is 9.53 Å². The summed E-state index contributed by atoms with van der Waals surface area (Å²) in [6.07, 6.45) is 0. The predicted molar refractivity (Wildman–Crippen MR) is 137 cm³/mol. The third-order valence-electron chi connectivity index (χ3n) is 5.92. The van der Waals surface area contributed by atoms with E-state index in [1.165, 1.54) is 0 Å². The number of nitrogens with zero attached hydrogens (tertiary/aromatic N) is 3. The van der Waals surface area contributed by atoms with Gasteiger partial charge in [0.2, 0.25) is 5.95 Å². The van der Waals surface area contributed by atoms with E-state index in [4.69, 9.17) is 14.8 Å². The summed E-state index contributed by atoms with van der Waals surface area (Å²) in [5.74, 6) is 1.66. The molecule has 3 aromatic carbocycles. The lowest BCUT2D eigenvalue weighted by Gasteiger charge is -2.29. The molecule has 1 atom stereocenters. The second-order valence-electron chi connectivity index (χ2n) is 8.43. The van der Waals surface area contributed by atoms with Crippen LogP contribution in [-0.2, 0) is 4.79 Å². The van der Waals surface area contributed by atoms with Crippen LogP contribution in [0.2, 0.25) is 0 Å². The average Bonchev–Trinajstić information content (AvgIpc) is 3.28. The SMILES string of the molecule is CCOc1ccccc1C1C(C(=O)Nc2ccccc2)=C(C)Nc2nc(-c3cccc(C)c3)nn21. The van der Waals surface area contributed by atoms with Crippen LogP contribution in [0.1, 0.15) is 31.0 Å². The number of ether oxygens (including phenoxy) is 1. The highest BCUT2D eigenvalue weighted by molar-refractivity contribution is 6.06. The first kappa shape index (κ1) is 22.4. The molecule has 1 aliphatic heterocycles. The van der Waals surface area contributed by atoms with Crippen molar-refractivity contribution in [3.05, 3.63) is 101 Å². The molecular weight excluding hydrogens is 438 g/mol. The van der Waals surface area contributed by atoms with E-state index >= 15 is 0 Å². The van der Waals surface area contributed by atoms with Crippen molar-refractivity contribution in [2.75, 3.05) is 17.2 Å². The minimum atomic E-state index is -0.524. The molecule has 0 saturated carbocycles. The van der Waals surface area contributed by atoms with Gasteiger partial charge in [-0.15, -0.1) is 5.10 Å². The van der Waals surface area contributed by atoms with Gasteiger partial charge in [0.1, 0.15) is 11.8 Å². The zero-order valence-corrected chi connectivity index (χ0v) is 19.9. The number of anilines is 2. The van der Waals surface area contributed by atoms with Gasteiger partial charge in [0, 0.05) is 22.5 Å². The molecule has 0 radical (unpaired) electrons. The summed E-state index contributed by atoms with van der Waals surface area (Å²) in [6, 6.07) is 24.7. The molecule has 7 nitrogen and oxygen atoms in total. The number of carbonyl (C=O) groups excluding carboxylic acids is 1. The summed E-state index contributed by atoms with van der Waals surface area (Å²) < 4.78 is 7.74. The van der Waals surface area contributed by atoms with Gasteiger partial charge in [0.25, 0.3) is 5.91 Å². The maximum atomic E-state index is 13.7.